The van der Waals surface area contributed by atoms with Crippen LogP contribution in [-0.4, -0.2) is 37.3 Å². The summed E-state index contributed by atoms with van der Waals surface area (Å²) < 4.78 is 5.05. The number of ether oxygens (including phenoxy) is 1. The highest BCUT2D eigenvalue weighted by molar-refractivity contribution is 5.97. The Balaban J connectivity index is 2.07. The fourth-order valence-electron chi connectivity index (χ4n) is 2.06. The van der Waals surface area contributed by atoms with E-state index in [0.29, 0.717) is 5.75 Å². The number of amides is 1. The Labute approximate surface area is 106 Å². The number of carbonyl (C=O) groups is 1. The summed E-state index contributed by atoms with van der Waals surface area (Å²) in [5, 5.41) is 15.8. The smallest absolute Gasteiger partial charge is 0.255 e. The molecule has 5 heteroatoms. The van der Waals surface area contributed by atoms with Crippen molar-refractivity contribution in [1.29, 1.82) is 0 Å². The van der Waals surface area contributed by atoms with Crippen LogP contribution in [-0.2, 0) is 0 Å². The Hall–Kier alpha value is -1.75. The van der Waals surface area contributed by atoms with Gasteiger partial charge in [0, 0.05) is 12.6 Å². The van der Waals surface area contributed by atoms with Crippen molar-refractivity contribution in [3.63, 3.8) is 0 Å². The molecule has 1 atom stereocenters. The van der Waals surface area contributed by atoms with Crippen molar-refractivity contribution in [2.24, 2.45) is 0 Å². The molecule has 0 unspecified atom stereocenters. The van der Waals surface area contributed by atoms with Gasteiger partial charge in [-0.1, -0.05) is 0 Å². The van der Waals surface area contributed by atoms with Crippen LogP contribution in [0.2, 0.25) is 0 Å². The van der Waals surface area contributed by atoms with Crippen LogP contribution in [0.25, 0.3) is 0 Å². The third-order valence-corrected chi connectivity index (χ3v) is 3.08. The van der Waals surface area contributed by atoms with Gasteiger partial charge in [0.05, 0.1) is 12.7 Å². The Morgan fingerprint density at radius 2 is 2.39 bits per heavy atom. The zero-order valence-electron chi connectivity index (χ0n) is 10.4. The van der Waals surface area contributed by atoms with Gasteiger partial charge in [0.15, 0.2) is 0 Å². The summed E-state index contributed by atoms with van der Waals surface area (Å²) in [4.78, 5) is 12.0. The lowest BCUT2D eigenvalue weighted by Gasteiger charge is -2.24. The molecular formula is C13H18N2O3. The summed E-state index contributed by atoms with van der Waals surface area (Å²) in [5.74, 6) is 0.261. The fraction of sp³-hybridized carbons (Fsp3) is 0.462. The molecule has 0 saturated carbocycles. The third-order valence-electron chi connectivity index (χ3n) is 3.08. The molecule has 18 heavy (non-hydrogen) atoms. The summed E-state index contributed by atoms with van der Waals surface area (Å²) in [5.41, 5.74) is 0.250. The van der Waals surface area contributed by atoms with Crippen molar-refractivity contribution in [3.05, 3.63) is 23.8 Å². The largest absolute Gasteiger partial charge is 0.507 e. The molecule has 3 N–H and O–H groups in total. The maximum Gasteiger partial charge on any atom is 0.255 e. The highest BCUT2D eigenvalue weighted by Crippen LogP contribution is 2.22. The number of nitrogens with one attached hydrogen (secondary N) is 2. The van der Waals surface area contributed by atoms with Crippen LogP contribution in [0.5, 0.6) is 11.5 Å². The highest BCUT2D eigenvalue weighted by atomic mass is 16.5. The van der Waals surface area contributed by atoms with Gasteiger partial charge in [0.25, 0.3) is 5.91 Å². The molecule has 0 spiro atoms. The molecular weight excluding hydrogens is 232 g/mol. The molecule has 0 radical (unpaired) electrons. The van der Waals surface area contributed by atoms with E-state index in [1.54, 1.807) is 12.1 Å². The fourth-order valence-corrected chi connectivity index (χ4v) is 2.06. The van der Waals surface area contributed by atoms with Gasteiger partial charge in [-0.15, -0.1) is 0 Å². The maximum absolute atomic E-state index is 12.0. The molecule has 2 rings (SSSR count). The van der Waals surface area contributed by atoms with Crippen LogP contribution in [0.15, 0.2) is 18.2 Å². The molecule has 98 valence electrons. The van der Waals surface area contributed by atoms with Crippen molar-refractivity contribution in [2.45, 2.75) is 18.9 Å². The minimum atomic E-state index is -0.264. The van der Waals surface area contributed by atoms with Crippen molar-refractivity contribution in [3.8, 4) is 11.5 Å². The summed E-state index contributed by atoms with van der Waals surface area (Å²) in [6.07, 6.45) is 2.01. The molecule has 5 nitrogen and oxygen atoms in total. The first-order chi connectivity index (χ1) is 8.70. The van der Waals surface area contributed by atoms with Crippen molar-refractivity contribution in [1.82, 2.24) is 10.6 Å². The first kappa shape index (κ1) is 12.7. The van der Waals surface area contributed by atoms with Crippen molar-refractivity contribution >= 4 is 5.91 Å². The summed E-state index contributed by atoms with van der Waals surface area (Å²) in [7, 11) is 1.53. The molecule has 1 amide bonds. The molecule has 0 aliphatic carbocycles. The molecule has 1 aromatic rings. The van der Waals surface area contributed by atoms with E-state index in [0.717, 1.165) is 25.9 Å². The number of carbonyl (C=O) groups excluding carboxylic acids is 1. The first-order valence-corrected chi connectivity index (χ1v) is 6.09. The van der Waals surface area contributed by atoms with Crippen LogP contribution < -0.4 is 15.4 Å². The number of hydrogen-bond donors (Lipinski definition) is 3. The number of piperidine rings is 1. The van der Waals surface area contributed by atoms with Gasteiger partial charge in [-0.25, -0.2) is 0 Å². The van der Waals surface area contributed by atoms with E-state index in [-0.39, 0.29) is 23.3 Å². The van der Waals surface area contributed by atoms with Crippen LogP contribution >= 0.6 is 0 Å². The number of hydrogen-bond acceptors (Lipinski definition) is 4. The standard InChI is InChI=1S/C13H18N2O3/c1-18-10-4-5-12(16)11(7-10)13(17)15-9-3-2-6-14-8-9/h4-5,7,9,14,16H,2-3,6,8H2,1H3,(H,15,17)/t9-/m0/s1. The predicted molar refractivity (Wildman–Crippen MR) is 68.0 cm³/mol. The lowest BCUT2D eigenvalue weighted by atomic mass is 10.1. The number of aromatic hydroxyl groups is 1. The van der Waals surface area contributed by atoms with Crippen LogP contribution in [0.1, 0.15) is 23.2 Å². The second-order valence-electron chi connectivity index (χ2n) is 4.40. The molecule has 1 saturated heterocycles. The highest BCUT2D eigenvalue weighted by Gasteiger charge is 2.18. The molecule has 0 bridgehead atoms. The molecule has 1 heterocycles. The third kappa shape index (κ3) is 2.92. The Morgan fingerprint density at radius 3 is 3.06 bits per heavy atom. The topological polar surface area (TPSA) is 70.6 Å². The zero-order valence-corrected chi connectivity index (χ0v) is 10.4. The average molecular weight is 250 g/mol. The second-order valence-corrected chi connectivity index (χ2v) is 4.40. The summed E-state index contributed by atoms with van der Waals surface area (Å²) >= 11 is 0. The van der Waals surface area contributed by atoms with Gasteiger partial charge >= 0.3 is 0 Å². The lowest BCUT2D eigenvalue weighted by molar-refractivity contribution is 0.0927. The van der Waals surface area contributed by atoms with E-state index < -0.39 is 0 Å². The lowest BCUT2D eigenvalue weighted by Crippen LogP contribution is -2.45. The quantitative estimate of drug-likeness (QED) is 0.745. The summed E-state index contributed by atoms with van der Waals surface area (Å²) in [6.45, 7) is 1.77. The van der Waals surface area contributed by atoms with Gasteiger partial charge < -0.3 is 20.5 Å². The van der Waals surface area contributed by atoms with Gasteiger partial charge in [-0.05, 0) is 37.6 Å². The van der Waals surface area contributed by atoms with Crippen molar-refractivity contribution in [2.75, 3.05) is 20.2 Å². The first-order valence-electron chi connectivity index (χ1n) is 6.09. The van der Waals surface area contributed by atoms with Crippen LogP contribution in [0.3, 0.4) is 0 Å². The van der Waals surface area contributed by atoms with Gasteiger partial charge in [0.1, 0.15) is 11.5 Å². The maximum atomic E-state index is 12.0. The molecule has 1 aromatic carbocycles. The number of benzene rings is 1. The van der Waals surface area contributed by atoms with E-state index in [2.05, 4.69) is 10.6 Å². The van der Waals surface area contributed by atoms with E-state index in [1.807, 2.05) is 0 Å². The Bertz CT molecular complexity index is 428. The zero-order chi connectivity index (χ0) is 13.0. The minimum Gasteiger partial charge on any atom is -0.507 e. The average Bonchev–Trinajstić information content (AvgIpc) is 2.40. The second kappa shape index (κ2) is 5.73. The normalized spacial score (nSPS) is 19.3. The Kier molecular flexibility index (Phi) is 4.04. The van der Waals surface area contributed by atoms with E-state index >= 15 is 0 Å². The minimum absolute atomic E-state index is 0.0305. The number of methoxy groups -OCH3 is 1. The molecule has 1 aliphatic heterocycles. The van der Waals surface area contributed by atoms with Crippen LogP contribution in [0, 0.1) is 0 Å². The van der Waals surface area contributed by atoms with Gasteiger partial charge in [0.2, 0.25) is 0 Å². The number of phenols is 1. The SMILES string of the molecule is COc1ccc(O)c(C(=O)N[C@H]2CCCNC2)c1. The number of rotatable bonds is 3. The Morgan fingerprint density at radius 1 is 1.56 bits per heavy atom. The van der Waals surface area contributed by atoms with Crippen molar-refractivity contribution < 1.29 is 14.6 Å². The molecule has 0 aromatic heterocycles. The molecule has 1 aliphatic rings. The van der Waals surface area contributed by atoms with E-state index in [4.69, 9.17) is 4.74 Å². The van der Waals surface area contributed by atoms with Crippen LogP contribution in [0.4, 0.5) is 0 Å². The van der Waals surface area contributed by atoms with E-state index in [1.165, 1.54) is 13.2 Å². The predicted octanol–water partition coefficient (Wildman–Crippen LogP) is 0.883. The molecule has 1 fully saturated rings. The number of phenolic OH excluding ortho intramolecular Hbond substituents is 1. The van der Waals surface area contributed by atoms with E-state index in [9.17, 15) is 9.90 Å². The summed E-state index contributed by atoms with van der Waals surface area (Å²) in [6, 6.07) is 4.75. The van der Waals surface area contributed by atoms with Gasteiger partial charge in [-0.2, -0.15) is 0 Å². The monoisotopic (exact) mass is 250 g/mol. The van der Waals surface area contributed by atoms with Gasteiger partial charge in [-0.3, -0.25) is 4.79 Å².